The Morgan fingerprint density at radius 1 is 0.366 bits per heavy atom. The Morgan fingerprint density at radius 3 is 1.54 bits per heavy atom. The molecular weight excluding hydrogens is 496 g/mol. The van der Waals surface area contributed by atoms with E-state index in [4.69, 9.17) is 0 Å². The van der Waals surface area contributed by atoms with Crippen LogP contribution in [0.3, 0.4) is 0 Å². The van der Waals surface area contributed by atoms with Gasteiger partial charge >= 0.3 is 0 Å². The minimum atomic E-state index is 1.18. The minimum Gasteiger partial charge on any atom is -0.309 e. The summed E-state index contributed by atoms with van der Waals surface area (Å²) >= 11 is 0. The van der Waals surface area contributed by atoms with Crippen molar-refractivity contribution >= 4 is 65.2 Å². The Hall–Kier alpha value is -5.34. The van der Waals surface area contributed by atoms with Crippen LogP contribution in [-0.4, -0.2) is 9.13 Å². The van der Waals surface area contributed by atoms with Gasteiger partial charge in [0.2, 0.25) is 0 Å². The number of aryl methyl sites for hydroxylation is 1. The predicted octanol–water partition coefficient (Wildman–Crippen LogP) is 10.5. The third kappa shape index (κ3) is 3.07. The molecule has 0 atom stereocenters. The topological polar surface area (TPSA) is 9.86 Å². The van der Waals surface area contributed by atoms with Gasteiger partial charge in [-0.2, -0.15) is 0 Å². The number of hydrogen-bond donors (Lipinski definition) is 0. The Kier molecular flexibility index (Phi) is 4.57. The average Bonchev–Trinajstić information content (AvgIpc) is 3.55. The summed E-state index contributed by atoms with van der Waals surface area (Å²) in [5.74, 6) is 0. The summed E-state index contributed by atoms with van der Waals surface area (Å²) in [5.41, 5.74) is 8.61. The lowest BCUT2D eigenvalue weighted by molar-refractivity contribution is 1.18. The van der Waals surface area contributed by atoms with Gasteiger partial charge < -0.3 is 9.13 Å². The summed E-state index contributed by atoms with van der Waals surface area (Å²) < 4.78 is 4.90. The average molecular weight is 523 g/mol. The highest BCUT2D eigenvalue weighted by Crippen LogP contribution is 2.43. The van der Waals surface area contributed by atoms with E-state index in [1.165, 1.54) is 82.1 Å². The number of para-hydroxylation sites is 3. The summed E-state index contributed by atoms with van der Waals surface area (Å²) in [7, 11) is 0. The quantitative estimate of drug-likeness (QED) is 0.200. The van der Waals surface area contributed by atoms with Crippen molar-refractivity contribution in [2.24, 2.45) is 0 Å². The SMILES string of the molecule is Cc1ccc(-n2c3ccccc3c3ccc4c(ccc5ccc6c7ccccc7n(-c7ccccc7)c6c54)c32)cc1. The van der Waals surface area contributed by atoms with Gasteiger partial charge in [-0.05, 0) is 54.1 Å². The second-order valence-corrected chi connectivity index (χ2v) is 11.1. The van der Waals surface area contributed by atoms with Crippen LogP contribution in [-0.2, 0) is 0 Å². The van der Waals surface area contributed by atoms with E-state index in [0.29, 0.717) is 0 Å². The highest BCUT2D eigenvalue weighted by atomic mass is 15.0. The molecule has 0 spiro atoms. The van der Waals surface area contributed by atoms with Gasteiger partial charge in [0.05, 0.1) is 22.1 Å². The summed E-state index contributed by atoms with van der Waals surface area (Å²) in [6, 6.07) is 51.1. The van der Waals surface area contributed by atoms with Crippen LogP contribution in [0.25, 0.3) is 76.5 Å². The van der Waals surface area contributed by atoms with Crippen LogP contribution in [0, 0.1) is 6.92 Å². The largest absolute Gasteiger partial charge is 0.309 e. The van der Waals surface area contributed by atoms with Crippen molar-refractivity contribution < 1.29 is 0 Å². The molecule has 2 aromatic heterocycles. The third-order valence-corrected chi connectivity index (χ3v) is 8.75. The van der Waals surface area contributed by atoms with E-state index < -0.39 is 0 Å². The molecule has 0 aliphatic rings. The number of nitrogens with zero attached hydrogens (tertiary/aromatic N) is 2. The molecule has 0 bridgehead atoms. The zero-order valence-electron chi connectivity index (χ0n) is 22.7. The first-order valence-corrected chi connectivity index (χ1v) is 14.2. The minimum absolute atomic E-state index is 1.18. The first-order chi connectivity index (χ1) is 20.3. The second kappa shape index (κ2) is 8.33. The molecule has 0 amide bonds. The van der Waals surface area contributed by atoms with Gasteiger partial charge in [0.1, 0.15) is 0 Å². The normalized spacial score (nSPS) is 12.0. The van der Waals surface area contributed by atoms with E-state index in [0.717, 1.165) is 0 Å². The van der Waals surface area contributed by atoms with Gasteiger partial charge in [0.15, 0.2) is 0 Å². The predicted molar refractivity (Wildman–Crippen MR) is 175 cm³/mol. The zero-order chi connectivity index (χ0) is 27.1. The van der Waals surface area contributed by atoms with E-state index in [1.54, 1.807) is 0 Å². The lowest BCUT2D eigenvalue weighted by Crippen LogP contribution is -1.96. The fourth-order valence-corrected chi connectivity index (χ4v) is 6.95. The maximum absolute atomic E-state index is 2.45. The molecule has 0 fully saturated rings. The maximum Gasteiger partial charge on any atom is 0.0625 e. The summed E-state index contributed by atoms with van der Waals surface area (Å²) in [5, 5.41) is 10.2. The lowest BCUT2D eigenvalue weighted by Gasteiger charge is -2.14. The second-order valence-electron chi connectivity index (χ2n) is 11.1. The summed E-state index contributed by atoms with van der Waals surface area (Å²) in [6.45, 7) is 2.15. The van der Waals surface area contributed by atoms with Gasteiger partial charge in [-0.25, -0.2) is 0 Å². The molecule has 192 valence electrons. The monoisotopic (exact) mass is 522 g/mol. The maximum atomic E-state index is 2.45. The molecule has 9 rings (SSSR count). The molecule has 2 nitrogen and oxygen atoms in total. The van der Waals surface area contributed by atoms with Crippen molar-refractivity contribution in [3.05, 3.63) is 145 Å². The Labute approximate surface area is 237 Å². The van der Waals surface area contributed by atoms with Crippen LogP contribution < -0.4 is 0 Å². The van der Waals surface area contributed by atoms with E-state index >= 15 is 0 Å². The molecule has 2 heteroatoms. The van der Waals surface area contributed by atoms with Crippen molar-refractivity contribution in [3.8, 4) is 11.4 Å². The smallest absolute Gasteiger partial charge is 0.0625 e. The molecule has 0 unspecified atom stereocenters. The molecule has 0 saturated carbocycles. The first-order valence-electron chi connectivity index (χ1n) is 14.2. The number of benzene rings is 7. The van der Waals surface area contributed by atoms with Gasteiger partial charge in [-0.1, -0.05) is 109 Å². The summed E-state index contributed by atoms with van der Waals surface area (Å²) in [6.07, 6.45) is 0. The highest BCUT2D eigenvalue weighted by Gasteiger charge is 2.19. The van der Waals surface area contributed by atoms with Gasteiger partial charge in [0, 0.05) is 43.7 Å². The van der Waals surface area contributed by atoms with Crippen molar-refractivity contribution in [1.82, 2.24) is 9.13 Å². The summed E-state index contributed by atoms with van der Waals surface area (Å²) in [4.78, 5) is 0. The third-order valence-electron chi connectivity index (χ3n) is 8.75. The molecule has 41 heavy (non-hydrogen) atoms. The van der Waals surface area contributed by atoms with E-state index in [-0.39, 0.29) is 0 Å². The van der Waals surface area contributed by atoms with Crippen molar-refractivity contribution in [1.29, 1.82) is 0 Å². The molecular formula is C39H26N2. The van der Waals surface area contributed by atoms with Crippen LogP contribution >= 0.6 is 0 Å². The van der Waals surface area contributed by atoms with Crippen LogP contribution in [0.2, 0.25) is 0 Å². The van der Waals surface area contributed by atoms with E-state index in [2.05, 4.69) is 156 Å². The molecule has 9 aromatic rings. The van der Waals surface area contributed by atoms with E-state index in [9.17, 15) is 0 Å². The molecule has 2 heterocycles. The Bertz CT molecular complexity index is 2460. The molecule has 0 aliphatic heterocycles. The first kappa shape index (κ1) is 22.5. The van der Waals surface area contributed by atoms with Crippen LogP contribution in [0.5, 0.6) is 0 Å². The standard InChI is InChI=1S/C39H26N2/c1-25-15-19-28(20-16-25)40-35-13-7-5-11-29(35)32-24-23-31-34(38(32)40)22-18-26-17-21-33-30-12-6-8-14-36(30)41(39(33)37(26)31)27-9-3-2-4-10-27/h2-24H,1H3. The fourth-order valence-electron chi connectivity index (χ4n) is 6.95. The van der Waals surface area contributed by atoms with Crippen LogP contribution in [0.15, 0.2) is 140 Å². The van der Waals surface area contributed by atoms with Gasteiger partial charge in [0.25, 0.3) is 0 Å². The highest BCUT2D eigenvalue weighted by molar-refractivity contribution is 6.29. The molecule has 0 aliphatic carbocycles. The lowest BCUT2D eigenvalue weighted by atomic mass is 9.97. The number of hydrogen-bond acceptors (Lipinski definition) is 0. The van der Waals surface area contributed by atoms with Gasteiger partial charge in [-0.3, -0.25) is 0 Å². The molecule has 7 aromatic carbocycles. The van der Waals surface area contributed by atoms with Crippen molar-refractivity contribution in [2.75, 3.05) is 0 Å². The Balaban J connectivity index is 1.52. The van der Waals surface area contributed by atoms with Crippen LogP contribution in [0.4, 0.5) is 0 Å². The Morgan fingerprint density at radius 2 is 0.854 bits per heavy atom. The number of fused-ring (bicyclic) bond motifs is 11. The molecule has 0 saturated heterocycles. The fraction of sp³-hybridized carbons (Fsp3) is 0.0256. The number of aromatic nitrogens is 2. The zero-order valence-corrected chi connectivity index (χ0v) is 22.7. The molecule has 0 radical (unpaired) electrons. The molecule has 0 N–H and O–H groups in total. The number of rotatable bonds is 2. The van der Waals surface area contributed by atoms with Gasteiger partial charge in [-0.15, -0.1) is 0 Å². The van der Waals surface area contributed by atoms with Crippen molar-refractivity contribution in [2.45, 2.75) is 6.92 Å². The van der Waals surface area contributed by atoms with Crippen LogP contribution in [0.1, 0.15) is 5.56 Å². The van der Waals surface area contributed by atoms with E-state index in [1.807, 2.05) is 0 Å². The van der Waals surface area contributed by atoms with Crippen molar-refractivity contribution in [3.63, 3.8) is 0 Å².